The van der Waals surface area contributed by atoms with Gasteiger partial charge in [-0.2, -0.15) is 5.10 Å². The van der Waals surface area contributed by atoms with Crippen LogP contribution in [0.3, 0.4) is 0 Å². The second-order valence-corrected chi connectivity index (χ2v) is 6.73. The molecule has 0 spiro atoms. The molecule has 0 aliphatic rings. The number of anilines is 1. The van der Waals surface area contributed by atoms with Gasteiger partial charge in [0.1, 0.15) is 5.82 Å². The van der Waals surface area contributed by atoms with E-state index in [1.807, 2.05) is 0 Å². The van der Waals surface area contributed by atoms with E-state index in [4.69, 9.17) is 9.47 Å². The Morgan fingerprint density at radius 2 is 1.82 bits per heavy atom. The first-order valence-electron chi connectivity index (χ1n) is 9.80. The van der Waals surface area contributed by atoms with Crippen LogP contribution in [0.5, 0.6) is 11.5 Å². The fraction of sp³-hybridized carbons (Fsp3) is 0.0870. The number of nitro benzene ring substituents is 1. The minimum atomic E-state index is -0.559. The van der Waals surface area contributed by atoms with Crippen molar-refractivity contribution in [2.75, 3.05) is 19.0 Å². The van der Waals surface area contributed by atoms with E-state index in [1.165, 1.54) is 55.8 Å². The summed E-state index contributed by atoms with van der Waals surface area (Å²) >= 11 is 0. The number of para-hydroxylation sites is 1. The minimum Gasteiger partial charge on any atom is -0.493 e. The van der Waals surface area contributed by atoms with Crippen molar-refractivity contribution < 1.29 is 28.4 Å². The van der Waals surface area contributed by atoms with Crippen molar-refractivity contribution in [2.24, 2.45) is 5.10 Å². The van der Waals surface area contributed by atoms with Gasteiger partial charge in [0.15, 0.2) is 18.1 Å². The summed E-state index contributed by atoms with van der Waals surface area (Å²) in [6.45, 7) is -0.372. The van der Waals surface area contributed by atoms with Gasteiger partial charge < -0.3 is 14.8 Å². The highest BCUT2D eigenvalue weighted by Gasteiger charge is 2.11. The van der Waals surface area contributed by atoms with Crippen LogP contribution in [0.25, 0.3) is 0 Å². The summed E-state index contributed by atoms with van der Waals surface area (Å²) in [4.78, 5) is 34.3. The van der Waals surface area contributed by atoms with Gasteiger partial charge in [-0.25, -0.2) is 9.82 Å². The SMILES string of the molecule is COc1cc(C=NNC(=O)c2ccc([N+](=O)[O-])cc2)ccc1OCC(=O)Nc1ccccc1F. The average molecular weight is 466 g/mol. The second-order valence-electron chi connectivity index (χ2n) is 6.73. The molecular formula is C23H19FN4O6. The lowest BCUT2D eigenvalue weighted by atomic mass is 10.2. The number of halogens is 1. The molecule has 0 bridgehead atoms. The molecule has 3 aromatic carbocycles. The molecule has 2 N–H and O–H groups in total. The molecule has 0 heterocycles. The fourth-order valence-corrected chi connectivity index (χ4v) is 2.74. The zero-order chi connectivity index (χ0) is 24.5. The smallest absolute Gasteiger partial charge is 0.271 e. The molecule has 3 rings (SSSR count). The highest BCUT2D eigenvalue weighted by atomic mass is 19.1. The molecule has 10 nitrogen and oxygen atoms in total. The van der Waals surface area contributed by atoms with Gasteiger partial charge in [-0.15, -0.1) is 0 Å². The van der Waals surface area contributed by atoms with E-state index in [0.717, 1.165) is 0 Å². The third-order valence-corrected chi connectivity index (χ3v) is 4.41. The largest absolute Gasteiger partial charge is 0.493 e. The summed E-state index contributed by atoms with van der Waals surface area (Å²) in [5, 5.41) is 16.9. The Kier molecular flexibility index (Phi) is 7.84. The van der Waals surface area contributed by atoms with E-state index in [-0.39, 0.29) is 29.3 Å². The van der Waals surface area contributed by atoms with Gasteiger partial charge >= 0.3 is 0 Å². The second kappa shape index (κ2) is 11.2. The Labute approximate surface area is 193 Å². The first-order valence-corrected chi connectivity index (χ1v) is 9.80. The standard InChI is InChI=1S/C23H19FN4O6/c1-33-21-12-15(13-25-27-23(30)16-7-9-17(10-8-16)28(31)32)6-11-20(21)34-14-22(29)26-19-5-3-2-4-18(19)24/h2-13H,14H2,1H3,(H,26,29)(H,27,30). The molecule has 0 saturated carbocycles. The lowest BCUT2D eigenvalue weighted by molar-refractivity contribution is -0.384. The van der Waals surface area contributed by atoms with E-state index < -0.39 is 22.6 Å². The number of hydrazone groups is 1. The molecule has 0 fully saturated rings. The molecular weight excluding hydrogens is 447 g/mol. The Bertz CT molecular complexity index is 1230. The molecule has 0 aliphatic carbocycles. The van der Waals surface area contributed by atoms with Crippen LogP contribution >= 0.6 is 0 Å². The van der Waals surface area contributed by atoms with Crippen molar-refractivity contribution in [2.45, 2.75) is 0 Å². The summed E-state index contributed by atoms with van der Waals surface area (Å²) in [5.74, 6) is -1.06. The third kappa shape index (κ3) is 6.36. The van der Waals surface area contributed by atoms with Crippen LogP contribution < -0.4 is 20.2 Å². The van der Waals surface area contributed by atoms with Crippen LogP contribution in [-0.2, 0) is 4.79 Å². The van der Waals surface area contributed by atoms with Crippen LogP contribution in [0.1, 0.15) is 15.9 Å². The van der Waals surface area contributed by atoms with Gasteiger partial charge in [0.05, 0.1) is 23.9 Å². The number of amides is 2. The highest BCUT2D eigenvalue weighted by molar-refractivity contribution is 5.95. The van der Waals surface area contributed by atoms with Gasteiger partial charge in [-0.1, -0.05) is 12.1 Å². The van der Waals surface area contributed by atoms with Gasteiger partial charge in [0.2, 0.25) is 0 Å². The molecule has 0 radical (unpaired) electrons. The molecule has 0 unspecified atom stereocenters. The summed E-state index contributed by atoms with van der Waals surface area (Å²) < 4.78 is 24.4. The number of nitrogens with zero attached hydrogens (tertiary/aromatic N) is 2. The maximum Gasteiger partial charge on any atom is 0.271 e. The van der Waals surface area contributed by atoms with Gasteiger partial charge in [0.25, 0.3) is 17.5 Å². The normalized spacial score (nSPS) is 10.5. The molecule has 0 saturated heterocycles. The van der Waals surface area contributed by atoms with Crippen molar-refractivity contribution in [1.29, 1.82) is 0 Å². The number of non-ortho nitro benzene ring substituents is 1. The number of carbonyl (C=O) groups is 2. The van der Waals surface area contributed by atoms with E-state index in [1.54, 1.807) is 24.3 Å². The predicted octanol–water partition coefficient (Wildman–Crippen LogP) is 3.52. The zero-order valence-corrected chi connectivity index (χ0v) is 17.9. The van der Waals surface area contributed by atoms with Crippen molar-refractivity contribution in [3.8, 4) is 11.5 Å². The fourth-order valence-electron chi connectivity index (χ4n) is 2.74. The molecule has 34 heavy (non-hydrogen) atoms. The maximum absolute atomic E-state index is 13.6. The third-order valence-electron chi connectivity index (χ3n) is 4.41. The summed E-state index contributed by atoms with van der Waals surface area (Å²) in [7, 11) is 1.42. The molecule has 174 valence electrons. The Morgan fingerprint density at radius 3 is 2.50 bits per heavy atom. The zero-order valence-electron chi connectivity index (χ0n) is 17.9. The van der Waals surface area contributed by atoms with Crippen LogP contribution in [0.2, 0.25) is 0 Å². The quantitative estimate of drug-likeness (QED) is 0.282. The number of methoxy groups -OCH3 is 1. The van der Waals surface area contributed by atoms with Crippen molar-refractivity contribution >= 4 is 29.4 Å². The van der Waals surface area contributed by atoms with Crippen molar-refractivity contribution in [1.82, 2.24) is 5.43 Å². The lowest BCUT2D eigenvalue weighted by Crippen LogP contribution is -2.21. The van der Waals surface area contributed by atoms with Crippen molar-refractivity contribution in [3.63, 3.8) is 0 Å². The topological polar surface area (TPSA) is 132 Å². The van der Waals surface area contributed by atoms with Crippen LogP contribution in [0.4, 0.5) is 15.8 Å². The number of ether oxygens (including phenoxy) is 2. The Morgan fingerprint density at radius 1 is 1.09 bits per heavy atom. The van der Waals surface area contributed by atoms with Gasteiger partial charge in [-0.3, -0.25) is 19.7 Å². The van der Waals surface area contributed by atoms with Crippen molar-refractivity contribution in [3.05, 3.63) is 93.8 Å². The minimum absolute atomic E-state index is 0.0467. The highest BCUT2D eigenvalue weighted by Crippen LogP contribution is 2.27. The first-order chi connectivity index (χ1) is 16.4. The average Bonchev–Trinajstić information content (AvgIpc) is 2.84. The van der Waals surface area contributed by atoms with E-state index in [2.05, 4.69) is 15.8 Å². The van der Waals surface area contributed by atoms with Crippen LogP contribution in [0.15, 0.2) is 71.8 Å². The predicted molar refractivity (Wildman–Crippen MR) is 122 cm³/mol. The van der Waals surface area contributed by atoms with Crippen LogP contribution in [0, 0.1) is 15.9 Å². The number of carbonyl (C=O) groups excluding carboxylic acids is 2. The van der Waals surface area contributed by atoms with Gasteiger partial charge in [0, 0.05) is 17.7 Å². The van der Waals surface area contributed by atoms with E-state index >= 15 is 0 Å². The Hall–Kier alpha value is -4.80. The van der Waals surface area contributed by atoms with Gasteiger partial charge in [-0.05, 0) is 48.0 Å². The summed E-state index contributed by atoms with van der Waals surface area (Å²) in [6, 6.07) is 15.6. The number of nitro groups is 1. The summed E-state index contributed by atoms with van der Waals surface area (Å²) in [6.07, 6.45) is 1.36. The van der Waals surface area contributed by atoms with E-state index in [9.17, 15) is 24.1 Å². The molecule has 2 amide bonds. The monoisotopic (exact) mass is 466 g/mol. The molecule has 0 aliphatic heterocycles. The number of nitrogens with one attached hydrogen (secondary N) is 2. The molecule has 0 aromatic heterocycles. The molecule has 0 atom stereocenters. The Balaban J connectivity index is 1.57. The maximum atomic E-state index is 13.6. The number of rotatable bonds is 9. The summed E-state index contributed by atoms with van der Waals surface area (Å²) in [5.41, 5.74) is 3.01. The molecule has 11 heteroatoms. The number of benzene rings is 3. The van der Waals surface area contributed by atoms with Crippen LogP contribution in [-0.4, -0.2) is 36.7 Å². The number of hydrogen-bond donors (Lipinski definition) is 2. The van der Waals surface area contributed by atoms with E-state index in [0.29, 0.717) is 11.3 Å². The lowest BCUT2D eigenvalue weighted by Gasteiger charge is -2.11. The first kappa shape index (κ1) is 23.9. The number of hydrogen-bond acceptors (Lipinski definition) is 7. The molecule has 3 aromatic rings.